The number of carbonyl (C=O) groups is 4. The number of halogens is 1. The Morgan fingerprint density at radius 2 is 1.33 bits per heavy atom. The number of rotatable bonds is 5. The van der Waals surface area contributed by atoms with Crippen LogP contribution in [-0.2, 0) is 23.9 Å². The van der Waals surface area contributed by atoms with E-state index < -0.39 is 58.5 Å². The van der Waals surface area contributed by atoms with E-state index in [0.717, 1.165) is 6.92 Å². The summed E-state index contributed by atoms with van der Waals surface area (Å²) in [5.41, 5.74) is -7.07. The van der Waals surface area contributed by atoms with Gasteiger partial charge in [0.25, 0.3) is 5.79 Å². The molecule has 24 heavy (non-hydrogen) atoms. The Morgan fingerprint density at radius 1 is 0.917 bits per heavy atom. The Balaban J connectivity index is 3.81. The summed E-state index contributed by atoms with van der Waals surface area (Å²) in [4.78, 5) is 46.8. The topological polar surface area (TPSA) is 158 Å². The summed E-state index contributed by atoms with van der Waals surface area (Å²) >= 11 is 0. The van der Waals surface area contributed by atoms with Crippen molar-refractivity contribution in [3.05, 3.63) is 0 Å². The Bertz CT molecular complexity index is 587. The maximum absolute atomic E-state index is 14.7. The Morgan fingerprint density at radius 3 is 1.62 bits per heavy atom. The Hall–Kier alpha value is -1.59. The van der Waals surface area contributed by atoms with E-state index in [1.165, 1.54) is 0 Å². The van der Waals surface area contributed by atoms with Crippen LogP contribution in [0, 0.1) is 0 Å². The van der Waals surface area contributed by atoms with Crippen molar-refractivity contribution in [1.29, 1.82) is 0 Å². The van der Waals surface area contributed by atoms with Crippen LogP contribution in [0.3, 0.4) is 0 Å². The molecule has 0 aromatic carbocycles. The van der Waals surface area contributed by atoms with Gasteiger partial charge in [0.2, 0.25) is 6.17 Å². The van der Waals surface area contributed by atoms with Crippen LogP contribution in [0.2, 0.25) is 0 Å². The van der Waals surface area contributed by atoms with E-state index in [0.29, 0.717) is 20.8 Å². The van der Waals surface area contributed by atoms with E-state index >= 15 is 0 Å². The third-order valence-electron chi connectivity index (χ3n) is 4.29. The van der Waals surface area contributed by atoms with Crippen molar-refractivity contribution >= 4 is 23.1 Å². The van der Waals surface area contributed by atoms with Crippen molar-refractivity contribution in [2.24, 2.45) is 0 Å². The molecule has 1 heterocycles. The molecular formula is C14H19FO9. The van der Waals surface area contributed by atoms with Crippen LogP contribution < -0.4 is 0 Å². The standard InChI is InChI=1S/C14H19FO9/c1-5(16)9(20)10-12(21,6(2)17)13(22,7(3)18)11(15)14(23,24-10)8(4)19/h9-11,20-23H,1-4H3/t9?,10-,11-,12-,13-,14+/m1/s1. The molecule has 1 fully saturated rings. The maximum atomic E-state index is 14.7. The molecule has 0 bridgehead atoms. The van der Waals surface area contributed by atoms with Gasteiger partial charge in [0, 0.05) is 6.92 Å². The highest BCUT2D eigenvalue weighted by atomic mass is 19.1. The first-order valence-electron chi connectivity index (χ1n) is 6.89. The van der Waals surface area contributed by atoms with Crippen molar-refractivity contribution in [3.8, 4) is 0 Å². The van der Waals surface area contributed by atoms with Gasteiger partial charge in [-0.1, -0.05) is 0 Å². The van der Waals surface area contributed by atoms with E-state index in [-0.39, 0.29) is 0 Å². The largest absolute Gasteiger partial charge is 0.382 e. The summed E-state index contributed by atoms with van der Waals surface area (Å²) < 4.78 is 19.4. The van der Waals surface area contributed by atoms with E-state index in [2.05, 4.69) is 4.74 Å². The highest BCUT2D eigenvalue weighted by molar-refractivity contribution is 6.01. The molecule has 0 aliphatic carbocycles. The van der Waals surface area contributed by atoms with Gasteiger partial charge in [-0.15, -0.1) is 0 Å². The monoisotopic (exact) mass is 350 g/mol. The second-order valence-electron chi connectivity index (χ2n) is 5.85. The van der Waals surface area contributed by atoms with Crippen LogP contribution in [-0.4, -0.2) is 78.9 Å². The molecule has 10 heteroatoms. The zero-order valence-corrected chi connectivity index (χ0v) is 13.4. The van der Waals surface area contributed by atoms with Crippen molar-refractivity contribution in [1.82, 2.24) is 0 Å². The minimum Gasteiger partial charge on any atom is -0.382 e. The summed E-state index contributed by atoms with van der Waals surface area (Å²) in [5, 5.41) is 41.1. The van der Waals surface area contributed by atoms with Gasteiger partial charge in [-0.2, -0.15) is 0 Å². The minimum atomic E-state index is -3.64. The first-order valence-corrected chi connectivity index (χ1v) is 6.89. The predicted molar refractivity (Wildman–Crippen MR) is 73.3 cm³/mol. The van der Waals surface area contributed by atoms with Crippen LogP contribution in [0.4, 0.5) is 4.39 Å². The number of aliphatic hydroxyl groups excluding tert-OH is 1. The number of ether oxygens (including phenoxy) is 1. The number of hydrogen-bond donors (Lipinski definition) is 4. The fraction of sp³-hybridized carbons (Fsp3) is 0.714. The molecule has 1 unspecified atom stereocenters. The normalized spacial score (nSPS) is 40.7. The van der Waals surface area contributed by atoms with Crippen molar-refractivity contribution in [2.75, 3.05) is 0 Å². The molecule has 6 atom stereocenters. The van der Waals surface area contributed by atoms with Crippen molar-refractivity contribution < 1.29 is 48.7 Å². The van der Waals surface area contributed by atoms with Gasteiger partial charge in [-0.05, 0) is 20.8 Å². The quantitative estimate of drug-likeness (QED) is 0.424. The Labute approximate surface area is 136 Å². The lowest BCUT2D eigenvalue weighted by molar-refractivity contribution is -0.359. The molecule has 0 aromatic rings. The number of ketones is 4. The number of aliphatic hydroxyl groups is 4. The van der Waals surface area contributed by atoms with Gasteiger partial charge in [-0.25, -0.2) is 4.39 Å². The van der Waals surface area contributed by atoms with Gasteiger partial charge in [0.05, 0.1) is 0 Å². The van der Waals surface area contributed by atoms with Gasteiger partial charge >= 0.3 is 0 Å². The number of hydrogen-bond acceptors (Lipinski definition) is 9. The summed E-state index contributed by atoms with van der Waals surface area (Å²) in [6.45, 7) is 2.73. The number of alkyl halides is 1. The van der Waals surface area contributed by atoms with Crippen LogP contribution >= 0.6 is 0 Å². The highest BCUT2D eigenvalue weighted by Crippen LogP contribution is 2.46. The van der Waals surface area contributed by atoms with Gasteiger partial charge < -0.3 is 25.2 Å². The summed E-state index contributed by atoms with van der Waals surface area (Å²) in [6.07, 6.45) is -8.07. The van der Waals surface area contributed by atoms with Crippen molar-refractivity contribution in [3.63, 3.8) is 0 Å². The van der Waals surface area contributed by atoms with E-state index in [1.807, 2.05) is 0 Å². The molecular weight excluding hydrogens is 331 g/mol. The molecule has 0 saturated carbocycles. The van der Waals surface area contributed by atoms with E-state index in [9.17, 15) is 44.0 Å². The molecule has 0 spiro atoms. The minimum absolute atomic E-state index is 0.601. The second-order valence-corrected chi connectivity index (χ2v) is 5.85. The van der Waals surface area contributed by atoms with Crippen LogP contribution in [0.25, 0.3) is 0 Å². The van der Waals surface area contributed by atoms with Crippen molar-refractivity contribution in [2.45, 2.75) is 63.1 Å². The fourth-order valence-electron chi connectivity index (χ4n) is 2.71. The predicted octanol–water partition coefficient (Wildman–Crippen LogP) is -2.41. The average molecular weight is 350 g/mol. The lowest BCUT2D eigenvalue weighted by Crippen LogP contribution is -2.83. The fourth-order valence-corrected chi connectivity index (χ4v) is 2.71. The summed E-state index contributed by atoms with van der Waals surface area (Å²) in [5.74, 6) is -8.91. The summed E-state index contributed by atoms with van der Waals surface area (Å²) in [6, 6.07) is 0. The lowest BCUT2D eigenvalue weighted by Gasteiger charge is -2.54. The van der Waals surface area contributed by atoms with Crippen LogP contribution in [0.1, 0.15) is 27.7 Å². The maximum Gasteiger partial charge on any atom is 0.262 e. The zero-order chi connectivity index (χ0) is 19.2. The number of carbonyl (C=O) groups excluding carboxylic acids is 4. The highest BCUT2D eigenvalue weighted by Gasteiger charge is 2.76. The molecule has 1 rings (SSSR count). The second kappa shape index (κ2) is 6.05. The first-order chi connectivity index (χ1) is 10.7. The van der Waals surface area contributed by atoms with E-state index in [4.69, 9.17) is 0 Å². The van der Waals surface area contributed by atoms with Gasteiger partial charge in [0.15, 0.2) is 34.3 Å². The van der Waals surface area contributed by atoms with Gasteiger partial charge in [-0.3, -0.25) is 19.2 Å². The average Bonchev–Trinajstić information content (AvgIpc) is 2.47. The summed E-state index contributed by atoms with van der Waals surface area (Å²) in [7, 11) is 0. The van der Waals surface area contributed by atoms with Crippen LogP contribution in [0.5, 0.6) is 0 Å². The van der Waals surface area contributed by atoms with E-state index in [1.54, 1.807) is 0 Å². The zero-order valence-electron chi connectivity index (χ0n) is 13.4. The molecule has 9 nitrogen and oxygen atoms in total. The molecule has 4 N–H and O–H groups in total. The molecule has 136 valence electrons. The molecule has 0 amide bonds. The molecule has 1 aliphatic heterocycles. The smallest absolute Gasteiger partial charge is 0.262 e. The lowest BCUT2D eigenvalue weighted by atomic mass is 9.65. The third-order valence-corrected chi connectivity index (χ3v) is 4.29. The SMILES string of the molecule is CC(=O)C(O)[C@H]1O[C@@](O)(C(C)=O)[C@H](F)[C@](O)(C(C)=O)[C@@]1(O)C(C)=O. The van der Waals surface area contributed by atoms with Crippen LogP contribution in [0.15, 0.2) is 0 Å². The first kappa shape index (κ1) is 20.5. The number of Topliss-reactive ketones (excluding diaryl/α,β-unsaturated/α-hetero) is 4. The molecule has 1 aliphatic rings. The van der Waals surface area contributed by atoms with Gasteiger partial charge in [0.1, 0.15) is 12.2 Å². The Kier molecular flexibility index (Phi) is 5.15. The molecule has 0 aromatic heterocycles. The third kappa shape index (κ3) is 2.42. The molecule has 0 radical (unpaired) electrons. The molecule has 1 saturated heterocycles.